The van der Waals surface area contributed by atoms with Crippen LogP contribution in [0.15, 0.2) is 70.3 Å². The fourth-order valence-corrected chi connectivity index (χ4v) is 2.44. The lowest BCUT2D eigenvalue weighted by Crippen LogP contribution is -2.35. The van der Waals surface area contributed by atoms with Crippen LogP contribution in [-0.4, -0.2) is 9.55 Å². The Bertz CT molecular complexity index is 882. The number of rotatable bonds is 3. The van der Waals surface area contributed by atoms with Crippen molar-refractivity contribution in [2.24, 2.45) is 0 Å². The molecule has 110 valence electrons. The predicted molar refractivity (Wildman–Crippen MR) is 87.3 cm³/mol. The smallest absolute Gasteiger partial charge is 0.307 e. The molecule has 22 heavy (non-hydrogen) atoms. The first-order valence-electron chi connectivity index (χ1n) is 6.78. The standard InChI is InChI=1S/C17H13ClN2O2/c18-14-9-5-4-8-13(14)11-20-16(21)10-15(19-17(20)22)12-6-2-1-3-7-12/h1-10H,11H2,(H,19,22). The Labute approximate surface area is 131 Å². The lowest BCUT2D eigenvalue weighted by atomic mass is 10.1. The fraction of sp³-hybridized carbons (Fsp3) is 0.0588. The molecule has 0 atom stereocenters. The monoisotopic (exact) mass is 312 g/mol. The van der Waals surface area contributed by atoms with Gasteiger partial charge in [-0.2, -0.15) is 0 Å². The highest BCUT2D eigenvalue weighted by Gasteiger charge is 2.08. The van der Waals surface area contributed by atoms with Gasteiger partial charge in [0, 0.05) is 11.1 Å². The zero-order valence-corrected chi connectivity index (χ0v) is 12.4. The van der Waals surface area contributed by atoms with E-state index in [1.54, 1.807) is 18.2 Å². The summed E-state index contributed by atoms with van der Waals surface area (Å²) in [6.07, 6.45) is 0. The quantitative estimate of drug-likeness (QED) is 0.808. The highest BCUT2D eigenvalue weighted by Crippen LogP contribution is 2.16. The third-order valence-electron chi connectivity index (χ3n) is 3.39. The second-order valence-corrected chi connectivity index (χ2v) is 5.28. The zero-order valence-electron chi connectivity index (χ0n) is 11.6. The Hall–Kier alpha value is -2.59. The van der Waals surface area contributed by atoms with Crippen LogP contribution in [0.2, 0.25) is 5.02 Å². The van der Waals surface area contributed by atoms with Crippen LogP contribution >= 0.6 is 11.6 Å². The SMILES string of the molecule is O=c1cc(-c2ccccc2)[nH]c(=O)n1Cc1ccccc1Cl. The van der Waals surface area contributed by atoms with Gasteiger partial charge in [-0.15, -0.1) is 0 Å². The molecule has 0 bridgehead atoms. The minimum Gasteiger partial charge on any atom is -0.307 e. The van der Waals surface area contributed by atoms with Gasteiger partial charge in [0.15, 0.2) is 0 Å². The maximum Gasteiger partial charge on any atom is 0.329 e. The summed E-state index contributed by atoms with van der Waals surface area (Å²) in [6, 6.07) is 17.8. The lowest BCUT2D eigenvalue weighted by Gasteiger charge is -2.08. The summed E-state index contributed by atoms with van der Waals surface area (Å²) < 4.78 is 1.13. The van der Waals surface area contributed by atoms with Crippen molar-refractivity contribution in [2.45, 2.75) is 6.54 Å². The average Bonchev–Trinajstić information content (AvgIpc) is 2.53. The van der Waals surface area contributed by atoms with E-state index in [2.05, 4.69) is 4.98 Å². The molecule has 0 unspecified atom stereocenters. The van der Waals surface area contributed by atoms with Gasteiger partial charge in [-0.05, 0) is 17.2 Å². The van der Waals surface area contributed by atoms with Gasteiger partial charge in [-0.25, -0.2) is 4.79 Å². The highest BCUT2D eigenvalue weighted by molar-refractivity contribution is 6.31. The van der Waals surface area contributed by atoms with Crippen LogP contribution in [0, 0.1) is 0 Å². The first-order chi connectivity index (χ1) is 10.6. The van der Waals surface area contributed by atoms with Gasteiger partial charge in [0.05, 0.1) is 12.2 Å². The van der Waals surface area contributed by atoms with Gasteiger partial charge in [0.25, 0.3) is 5.56 Å². The summed E-state index contributed by atoms with van der Waals surface area (Å²) in [4.78, 5) is 27.2. The van der Waals surface area contributed by atoms with Crippen LogP contribution < -0.4 is 11.2 Å². The lowest BCUT2D eigenvalue weighted by molar-refractivity contribution is 0.701. The molecule has 0 aliphatic rings. The van der Waals surface area contributed by atoms with E-state index in [4.69, 9.17) is 11.6 Å². The molecule has 1 aromatic heterocycles. The van der Waals surface area contributed by atoms with Crippen LogP contribution in [0.1, 0.15) is 5.56 Å². The van der Waals surface area contributed by atoms with Crippen LogP contribution in [0.5, 0.6) is 0 Å². The van der Waals surface area contributed by atoms with E-state index in [1.807, 2.05) is 36.4 Å². The molecule has 0 aliphatic heterocycles. The van der Waals surface area contributed by atoms with E-state index in [9.17, 15) is 9.59 Å². The molecule has 0 fully saturated rings. The molecule has 1 heterocycles. The van der Waals surface area contributed by atoms with Crippen molar-refractivity contribution >= 4 is 11.6 Å². The summed E-state index contributed by atoms with van der Waals surface area (Å²) in [5, 5.41) is 0.529. The number of aromatic nitrogens is 2. The second kappa shape index (κ2) is 6.03. The number of halogens is 1. The molecule has 1 N–H and O–H groups in total. The van der Waals surface area contributed by atoms with Gasteiger partial charge >= 0.3 is 5.69 Å². The number of nitrogens with zero attached hydrogens (tertiary/aromatic N) is 1. The van der Waals surface area contributed by atoms with E-state index in [0.29, 0.717) is 10.7 Å². The van der Waals surface area contributed by atoms with E-state index < -0.39 is 5.69 Å². The summed E-state index contributed by atoms with van der Waals surface area (Å²) in [5.41, 5.74) is 1.21. The average molecular weight is 313 g/mol. The van der Waals surface area contributed by atoms with E-state index in [1.165, 1.54) is 6.07 Å². The second-order valence-electron chi connectivity index (χ2n) is 4.87. The number of benzene rings is 2. The molecule has 3 aromatic rings. The molecule has 0 radical (unpaired) electrons. The molecule has 0 aliphatic carbocycles. The van der Waals surface area contributed by atoms with Crippen molar-refractivity contribution in [3.63, 3.8) is 0 Å². The van der Waals surface area contributed by atoms with Gasteiger partial charge < -0.3 is 4.98 Å². The molecule has 5 heteroatoms. The highest BCUT2D eigenvalue weighted by atomic mass is 35.5. The van der Waals surface area contributed by atoms with E-state index in [0.717, 1.165) is 15.7 Å². The Kier molecular flexibility index (Phi) is 3.94. The van der Waals surface area contributed by atoms with E-state index in [-0.39, 0.29) is 12.1 Å². The Morgan fingerprint density at radius 1 is 0.955 bits per heavy atom. The maximum atomic E-state index is 12.2. The van der Waals surface area contributed by atoms with Crippen molar-refractivity contribution < 1.29 is 0 Å². The van der Waals surface area contributed by atoms with Gasteiger partial charge in [0.2, 0.25) is 0 Å². The molecule has 2 aromatic carbocycles. The Morgan fingerprint density at radius 2 is 1.64 bits per heavy atom. The van der Waals surface area contributed by atoms with Crippen molar-refractivity contribution in [3.05, 3.63) is 92.1 Å². The number of hydrogen-bond donors (Lipinski definition) is 1. The summed E-state index contributed by atoms with van der Waals surface area (Å²) >= 11 is 6.08. The first-order valence-corrected chi connectivity index (χ1v) is 7.16. The largest absolute Gasteiger partial charge is 0.329 e. The molecule has 3 rings (SSSR count). The van der Waals surface area contributed by atoms with Crippen molar-refractivity contribution in [1.29, 1.82) is 0 Å². The third kappa shape index (κ3) is 2.87. The molecule has 0 saturated carbocycles. The Morgan fingerprint density at radius 3 is 2.32 bits per heavy atom. The number of hydrogen-bond acceptors (Lipinski definition) is 2. The summed E-state index contributed by atoms with van der Waals surface area (Å²) in [6.45, 7) is 0.142. The normalized spacial score (nSPS) is 10.6. The predicted octanol–water partition coefficient (Wildman–Crippen LogP) is 2.91. The van der Waals surface area contributed by atoms with Crippen LogP contribution in [0.25, 0.3) is 11.3 Å². The third-order valence-corrected chi connectivity index (χ3v) is 3.76. The Balaban J connectivity index is 2.03. The minimum atomic E-state index is -0.453. The van der Waals surface area contributed by atoms with Crippen molar-refractivity contribution in [1.82, 2.24) is 9.55 Å². The first kappa shape index (κ1) is 14.4. The van der Waals surface area contributed by atoms with Gasteiger partial charge in [-0.3, -0.25) is 9.36 Å². The van der Waals surface area contributed by atoms with Gasteiger partial charge in [-0.1, -0.05) is 60.1 Å². The van der Waals surface area contributed by atoms with Crippen molar-refractivity contribution in [2.75, 3.05) is 0 Å². The number of H-pyrrole nitrogens is 1. The van der Waals surface area contributed by atoms with Crippen LogP contribution in [-0.2, 0) is 6.54 Å². The summed E-state index contributed by atoms with van der Waals surface area (Å²) in [7, 11) is 0. The maximum absolute atomic E-state index is 12.2. The van der Waals surface area contributed by atoms with E-state index >= 15 is 0 Å². The molecule has 0 amide bonds. The van der Waals surface area contributed by atoms with Crippen LogP contribution in [0.3, 0.4) is 0 Å². The fourth-order valence-electron chi connectivity index (χ4n) is 2.24. The molecule has 0 saturated heterocycles. The number of aromatic amines is 1. The topological polar surface area (TPSA) is 54.9 Å². The van der Waals surface area contributed by atoms with Crippen molar-refractivity contribution in [3.8, 4) is 11.3 Å². The molecular formula is C17H13ClN2O2. The van der Waals surface area contributed by atoms with Gasteiger partial charge in [0.1, 0.15) is 0 Å². The molecule has 4 nitrogen and oxygen atoms in total. The molecule has 0 spiro atoms. The summed E-state index contributed by atoms with van der Waals surface area (Å²) in [5.74, 6) is 0. The minimum absolute atomic E-state index is 0.142. The van der Waals surface area contributed by atoms with Crippen LogP contribution in [0.4, 0.5) is 0 Å². The zero-order chi connectivity index (χ0) is 15.5. The number of nitrogens with one attached hydrogen (secondary N) is 1. The molecular weight excluding hydrogens is 300 g/mol.